The smallest absolute Gasteiger partial charge is 0.0650 e. The van der Waals surface area contributed by atoms with Crippen molar-refractivity contribution in [2.75, 3.05) is 13.2 Å². The maximum Gasteiger partial charge on any atom is 0.0650 e. The third-order valence-electron chi connectivity index (χ3n) is 2.60. The van der Waals surface area contributed by atoms with Crippen LogP contribution in [0.2, 0.25) is 0 Å². The van der Waals surface area contributed by atoms with Crippen molar-refractivity contribution in [3.8, 4) is 0 Å². The fourth-order valence-electron chi connectivity index (χ4n) is 1.77. The van der Waals surface area contributed by atoms with Crippen molar-refractivity contribution < 1.29 is 4.74 Å². The molecule has 3 heteroatoms. The second-order valence-electron chi connectivity index (χ2n) is 3.97. The lowest BCUT2D eigenvalue weighted by molar-refractivity contribution is 0.178. The average molecular weight is 303 g/mol. The molecule has 2 nitrogen and oxygen atoms in total. The first-order chi connectivity index (χ1) is 6.68. The number of halogens is 1. The maximum atomic E-state index is 6.20. The van der Waals surface area contributed by atoms with E-state index >= 15 is 0 Å². The summed E-state index contributed by atoms with van der Waals surface area (Å²) in [5.74, 6) is 0. The Morgan fingerprint density at radius 3 is 2.64 bits per heavy atom. The van der Waals surface area contributed by atoms with Crippen molar-refractivity contribution in [1.29, 1.82) is 0 Å². The molecular weight excluding hydrogens is 289 g/mol. The van der Waals surface area contributed by atoms with Crippen LogP contribution in [-0.4, -0.2) is 18.8 Å². The summed E-state index contributed by atoms with van der Waals surface area (Å²) in [6.45, 7) is 1.50. The molecule has 1 aromatic carbocycles. The third kappa shape index (κ3) is 2.46. The lowest BCUT2D eigenvalue weighted by Gasteiger charge is -2.21. The van der Waals surface area contributed by atoms with E-state index in [0.717, 1.165) is 19.4 Å². The number of rotatable bonds is 2. The van der Waals surface area contributed by atoms with Gasteiger partial charge in [0.15, 0.2) is 0 Å². The van der Waals surface area contributed by atoms with E-state index in [4.69, 9.17) is 10.5 Å². The van der Waals surface area contributed by atoms with Gasteiger partial charge in [-0.25, -0.2) is 0 Å². The Balaban J connectivity index is 2.06. The van der Waals surface area contributed by atoms with Crippen molar-refractivity contribution >= 4 is 22.6 Å². The van der Waals surface area contributed by atoms with Crippen molar-refractivity contribution in [3.05, 3.63) is 33.4 Å². The van der Waals surface area contributed by atoms with Crippen LogP contribution in [0.1, 0.15) is 12.0 Å². The standard InChI is InChI=1S/C11H14INO/c12-10-3-1-9(2-4-10)7-11(13)5-6-14-8-11/h1-4H,5-8,13H2. The number of hydrogen-bond donors (Lipinski definition) is 1. The van der Waals surface area contributed by atoms with Crippen molar-refractivity contribution in [2.24, 2.45) is 5.73 Å². The first-order valence-corrected chi connectivity index (χ1v) is 5.87. The summed E-state index contributed by atoms with van der Waals surface area (Å²) in [6, 6.07) is 8.54. The SMILES string of the molecule is NC1(Cc2ccc(I)cc2)CCOC1. The van der Waals surface area contributed by atoms with Gasteiger partial charge in [-0.1, -0.05) is 12.1 Å². The Morgan fingerprint density at radius 2 is 2.07 bits per heavy atom. The zero-order valence-electron chi connectivity index (χ0n) is 8.00. The molecule has 0 amide bonds. The Kier molecular flexibility index (Phi) is 3.09. The molecule has 0 bridgehead atoms. The Bertz CT molecular complexity index is 304. The molecule has 1 saturated heterocycles. The van der Waals surface area contributed by atoms with Gasteiger partial charge in [0.1, 0.15) is 0 Å². The Hall–Kier alpha value is -0.130. The van der Waals surface area contributed by atoms with E-state index in [0.29, 0.717) is 6.61 Å². The minimum atomic E-state index is -0.132. The molecule has 0 aromatic heterocycles. The second-order valence-corrected chi connectivity index (χ2v) is 5.21. The van der Waals surface area contributed by atoms with Gasteiger partial charge in [0.05, 0.1) is 6.61 Å². The predicted octanol–water partition coefficient (Wildman–Crippen LogP) is 1.95. The number of nitrogens with two attached hydrogens (primary N) is 1. The van der Waals surface area contributed by atoms with E-state index in [1.807, 2.05) is 0 Å². The normalized spacial score (nSPS) is 26.7. The van der Waals surface area contributed by atoms with E-state index in [1.54, 1.807) is 0 Å². The van der Waals surface area contributed by atoms with Gasteiger partial charge in [-0.2, -0.15) is 0 Å². The minimum Gasteiger partial charge on any atom is -0.379 e. The molecule has 0 spiro atoms. The van der Waals surface area contributed by atoms with Gasteiger partial charge < -0.3 is 10.5 Å². The molecule has 1 aliphatic heterocycles. The summed E-state index contributed by atoms with van der Waals surface area (Å²) in [5, 5.41) is 0. The summed E-state index contributed by atoms with van der Waals surface area (Å²) >= 11 is 2.31. The molecule has 1 aromatic rings. The van der Waals surface area contributed by atoms with Crippen LogP contribution in [0, 0.1) is 3.57 Å². The monoisotopic (exact) mass is 303 g/mol. The molecule has 1 aliphatic rings. The van der Waals surface area contributed by atoms with Crippen molar-refractivity contribution in [1.82, 2.24) is 0 Å². The first-order valence-electron chi connectivity index (χ1n) is 4.79. The summed E-state index contributed by atoms with van der Waals surface area (Å²) < 4.78 is 6.59. The van der Waals surface area contributed by atoms with Gasteiger partial charge in [0.25, 0.3) is 0 Å². The van der Waals surface area contributed by atoms with E-state index in [1.165, 1.54) is 9.13 Å². The number of benzene rings is 1. The Labute approximate surface area is 98.0 Å². The molecule has 76 valence electrons. The van der Waals surface area contributed by atoms with Crippen LogP contribution in [0.25, 0.3) is 0 Å². The van der Waals surface area contributed by atoms with Crippen molar-refractivity contribution in [3.63, 3.8) is 0 Å². The second kappa shape index (κ2) is 4.16. The van der Waals surface area contributed by atoms with Crippen LogP contribution in [0.3, 0.4) is 0 Å². The van der Waals surface area contributed by atoms with Crippen LogP contribution in [0.4, 0.5) is 0 Å². The van der Waals surface area contributed by atoms with E-state index in [2.05, 4.69) is 46.9 Å². The van der Waals surface area contributed by atoms with Crippen LogP contribution in [0.5, 0.6) is 0 Å². The molecule has 1 atom stereocenters. The van der Waals surface area contributed by atoms with Gasteiger partial charge in [-0.15, -0.1) is 0 Å². The number of ether oxygens (including phenoxy) is 1. The van der Waals surface area contributed by atoms with E-state index < -0.39 is 0 Å². The predicted molar refractivity (Wildman–Crippen MR) is 65.2 cm³/mol. The van der Waals surface area contributed by atoms with E-state index in [-0.39, 0.29) is 5.54 Å². The molecule has 0 saturated carbocycles. The fraction of sp³-hybridized carbons (Fsp3) is 0.455. The first kappa shape index (κ1) is 10.4. The largest absolute Gasteiger partial charge is 0.379 e. The van der Waals surface area contributed by atoms with E-state index in [9.17, 15) is 0 Å². The highest BCUT2D eigenvalue weighted by molar-refractivity contribution is 14.1. The molecule has 2 rings (SSSR count). The van der Waals surface area contributed by atoms with Gasteiger partial charge in [0.2, 0.25) is 0 Å². The lowest BCUT2D eigenvalue weighted by atomic mass is 9.91. The topological polar surface area (TPSA) is 35.2 Å². The molecule has 2 N–H and O–H groups in total. The van der Waals surface area contributed by atoms with Crippen LogP contribution in [0.15, 0.2) is 24.3 Å². The highest BCUT2D eigenvalue weighted by Gasteiger charge is 2.30. The summed E-state index contributed by atoms with van der Waals surface area (Å²) in [7, 11) is 0. The van der Waals surface area contributed by atoms with Gasteiger partial charge in [-0.3, -0.25) is 0 Å². The van der Waals surface area contributed by atoms with Gasteiger partial charge >= 0.3 is 0 Å². The fourth-order valence-corrected chi connectivity index (χ4v) is 2.13. The highest BCUT2D eigenvalue weighted by Crippen LogP contribution is 2.21. The molecule has 0 radical (unpaired) electrons. The summed E-state index contributed by atoms with van der Waals surface area (Å²) in [4.78, 5) is 0. The molecule has 0 aliphatic carbocycles. The number of hydrogen-bond acceptors (Lipinski definition) is 2. The zero-order valence-corrected chi connectivity index (χ0v) is 10.2. The molecular formula is C11H14INO. The van der Waals surface area contributed by atoms with Gasteiger partial charge in [0, 0.05) is 15.7 Å². The minimum absolute atomic E-state index is 0.132. The van der Waals surface area contributed by atoms with Gasteiger partial charge in [-0.05, 0) is 53.1 Å². The van der Waals surface area contributed by atoms with Crippen LogP contribution in [-0.2, 0) is 11.2 Å². The molecule has 1 fully saturated rings. The maximum absolute atomic E-state index is 6.20. The van der Waals surface area contributed by atoms with Crippen LogP contribution < -0.4 is 5.73 Å². The Morgan fingerprint density at radius 1 is 1.36 bits per heavy atom. The molecule has 1 unspecified atom stereocenters. The molecule has 1 heterocycles. The summed E-state index contributed by atoms with van der Waals surface area (Å²) in [5.41, 5.74) is 7.37. The zero-order chi connectivity index (χ0) is 10.0. The third-order valence-corrected chi connectivity index (χ3v) is 3.32. The molecule has 14 heavy (non-hydrogen) atoms. The summed E-state index contributed by atoms with van der Waals surface area (Å²) in [6.07, 6.45) is 1.89. The quantitative estimate of drug-likeness (QED) is 0.848. The van der Waals surface area contributed by atoms with Crippen molar-refractivity contribution in [2.45, 2.75) is 18.4 Å². The lowest BCUT2D eigenvalue weighted by Crippen LogP contribution is -2.42. The highest BCUT2D eigenvalue weighted by atomic mass is 127. The van der Waals surface area contributed by atoms with Crippen LogP contribution >= 0.6 is 22.6 Å². The average Bonchev–Trinajstić information content (AvgIpc) is 2.57.